The quantitative estimate of drug-likeness (QED) is 0.645. The first kappa shape index (κ1) is 9.24. The third-order valence-corrected chi connectivity index (χ3v) is 1.29. The third-order valence-electron chi connectivity index (χ3n) is 1.29. The maximum Gasteiger partial charge on any atom is 0.325 e. The highest BCUT2D eigenvalue weighted by Gasteiger charge is 2.09. The fraction of sp³-hybridized carbons (Fsp3) is 0.286. The van der Waals surface area contributed by atoms with Crippen LogP contribution in [0.25, 0.3) is 0 Å². The molecule has 0 saturated heterocycles. The van der Waals surface area contributed by atoms with E-state index in [0.717, 1.165) is 0 Å². The lowest BCUT2D eigenvalue weighted by atomic mass is 10.4. The van der Waals surface area contributed by atoms with Crippen LogP contribution in [-0.4, -0.2) is 30.7 Å². The maximum absolute atomic E-state index is 11.1. The Morgan fingerprint density at radius 1 is 1.69 bits per heavy atom. The molecule has 0 bridgehead atoms. The molecule has 6 heteroatoms. The molecule has 0 aliphatic heterocycles. The van der Waals surface area contributed by atoms with Crippen molar-refractivity contribution in [3.63, 3.8) is 0 Å². The Hall–Kier alpha value is -1.85. The van der Waals surface area contributed by atoms with Gasteiger partial charge in [-0.25, -0.2) is 0 Å². The molecule has 1 rings (SSSR count). The molecule has 0 saturated carbocycles. The van der Waals surface area contributed by atoms with Crippen LogP contribution in [0.5, 0.6) is 0 Å². The molecule has 0 unspecified atom stereocenters. The number of ether oxygens (including phenoxy) is 1. The summed E-state index contributed by atoms with van der Waals surface area (Å²) in [4.78, 5) is 21.7. The van der Waals surface area contributed by atoms with Gasteiger partial charge in [0.1, 0.15) is 12.8 Å². The summed E-state index contributed by atoms with van der Waals surface area (Å²) in [5.41, 5.74) is 0.129. The second-order valence-corrected chi connectivity index (χ2v) is 2.14. The van der Waals surface area contributed by atoms with Gasteiger partial charge in [0.05, 0.1) is 7.11 Å². The summed E-state index contributed by atoms with van der Waals surface area (Å²) in [5.74, 6) is -0.990. The summed E-state index contributed by atoms with van der Waals surface area (Å²) < 4.78 is 8.76. The van der Waals surface area contributed by atoms with E-state index in [4.69, 9.17) is 0 Å². The zero-order valence-electron chi connectivity index (χ0n) is 6.94. The Kier molecular flexibility index (Phi) is 3.02. The van der Waals surface area contributed by atoms with Gasteiger partial charge in [-0.2, -0.15) is 0 Å². The van der Waals surface area contributed by atoms with Crippen molar-refractivity contribution in [2.45, 2.75) is 0 Å². The van der Waals surface area contributed by atoms with E-state index < -0.39 is 11.9 Å². The molecule has 1 N–H and O–H groups in total. The summed E-state index contributed by atoms with van der Waals surface area (Å²) in [6.45, 7) is -0.178. The zero-order chi connectivity index (χ0) is 9.68. The van der Waals surface area contributed by atoms with Crippen molar-refractivity contribution in [2.24, 2.45) is 0 Å². The predicted molar refractivity (Wildman–Crippen MR) is 40.9 cm³/mol. The first-order chi connectivity index (χ1) is 6.24. The van der Waals surface area contributed by atoms with E-state index in [-0.39, 0.29) is 12.2 Å². The molecule has 1 aromatic rings. The van der Waals surface area contributed by atoms with Crippen LogP contribution in [0.3, 0.4) is 0 Å². The SMILES string of the molecule is COC(=O)CNC(=O)c1ccon1. The monoisotopic (exact) mass is 184 g/mol. The summed E-state index contributed by atoms with van der Waals surface area (Å²) in [6.07, 6.45) is 1.27. The number of nitrogens with one attached hydrogen (secondary N) is 1. The Morgan fingerprint density at radius 2 is 2.46 bits per heavy atom. The number of carbonyl (C=O) groups is 2. The summed E-state index contributed by atoms with van der Waals surface area (Å²) in [6, 6.07) is 1.40. The number of methoxy groups -OCH3 is 1. The van der Waals surface area contributed by atoms with Gasteiger partial charge in [0, 0.05) is 6.07 Å². The first-order valence-corrected chi connectivity index (χ1v) is 3.49. The average Bonchev–Trinajstić information content (AvgIpc) is 2.66. The van der Waals surface area contributed by atoms with Crippen LogP contribution < -0.4 is 5.32 Å². The van der Waals surface area contributed by atoms with Crippen LogP contribution in [0.2, 0.25) is 0 Å². The minimum absolute atomic E-state index is 0.129. The minimum Gasteiger partial charge on any atom is -0.468 e. The van der Waals surface area contributed by atoms with Crippen molar-refractivity contribution >= 4 is 11.9 Å². The van der Waals surface area contributed by atoms with Gasteiger partial charge in [-0.15, -0.1) is 0 Å². The molecule has 1 heterocycles. The smallest absolute Gasteiger partial charge is 0.325 e. The highest BCUT2D eigenvalue weighted by Crippen LogP contribution is 1.92. The van der Waals surface area contributed by atoms with Crippen molar-refractivity contribution in [1.29, 1.82) is 0 Å². The van der Waals surface area contributed by atoms with Crippen LogP contribution in [-0.2, 0) is 9.53 Å². The van der Waals surface area contributed by atoms with Gasteiger partial charge < -0.3 is 14.6 Å². The van der Waals surface area contributed by atoms with Gasteiger partial charge >= 0.3 is 5.97 Å². The lowest BCUT2D eigenvalue weighted by Crippen LogP contribution is -2.30. The van der Waals surface area contributed by atoms with Gasteiger partial charge in [0.2, 0.25) is 0 Å². The molecule has 1 aromatic heterocycles. The molecule has 0 atom stereocenters. The minimum atomic E-state index is -0.517. The molecule has 1 amide bonds. The average molecular weight is 184 g/mol. The van der Waals surface area contributed by atoms with Crippen LogP contribution in [0.4, 0.5) is 0 Å². The molecule has 6 nitrogen and oxygen atoms in total. The summed E-state index contributed by atoms with van der Waals surface area (Å²) in [5, 5.41) is 5.68. The number of esters is 1. The van der Waals surface area contributed by atoms with Gasteiger partial charge in [0.25, 0.3) is 5.91 Å². The van der Waals surface area contributed by atoms with Crippen molar-refractivity contribution in [3.8, 4) is 0 Å². The highest BCUT2D eigenvalue weighted by atomic mass is 16.5. The van der Waals surface area contributed by atoms with Crippen molar-refractivity contribution in [1.82, 2.24) is 10.5 Å². The maximum atomic E-state index is 11.1. The van der Waals surface area contributed by atoms with Crippen molar-refractivity contribution in [2.75, 3.05) is 13.7 Å². The van der Waals surface area contributed by atoms with E-state index in [1.54, 1.807) is 0 Å². The van der Waals surface area contributed by atoms with Crippen LogP contribution in [0.15, 0.2) is 16.9 Å². The van der Waals surface area contributed by atoms with Crippen LogP contribution in [0, 0.1) is 0 Å². The van der Waals surface area contributed by atoms with Crippen LogP contribution >= 0.6 is 0 Å². The molecular formula is C7H8N2O4. The van der Waals surface area contributed by atoms with E-state index >= 15 is 0 Å². The number of hydrogen-bond acceptors (Lipinski definition) is 5. The lowest BCUT2D eigenvalue weighted by molar-refractivity contribution is -0.139. The molecule has 0 aliphatic rings. The molecular weight excluding hydrogens is 176 g/mol. The molecule has 0 radical (unpaired) electrons. The number of amides is 1. The fourth-order valence-corrected chi connectivity index (χ4v) is 0.645. The largest absolute Gasteiger partial charge is 0.468 e. The van der Waals surface area contributed by atoms with E-state index in [2.05, 4.69) is 19.7 Å². The van der Waals surface area contributed by atoms with Gasteiger partial charge in [-0.05, 0) is 0 Å². The third kappa shape index (κ3) is 2.58. The standard InChI is InChI=1S/C7H8N2O4/c1-12-6(10)4-8-7(11)5-2-3-13-9-5/h2-3H,4H2,1H3,(H,8,11). The molecule has 0 aliphatic carbocycles. The fourth-order valence-electron chi connectivity index (χ4n) is 0.645. The summed E-state index contributed by atoms with van der Waals surface area (Å²) in [7, 11) is 1.24. The Labute approximate surface area is 73.8 Å². The predicted octanol–water partition coefficient (Wildman–Crippen LogP) is -0.423. The van der Waals surface area contributed by atoms with E-state index in [1.807, 2.05) is 0 Å². The van der Waals surface area contributed by atoms with Crippen molar-refractivity contribution in [3.05, 3.63) is 18.0 Å². The number of nitrogens with zero attached hydrogens (tertiary/aromatic N) is 1. The van der Waals surface area contributed by atoms with Crippen LogP contribution in [0.1, 0.15) is 10.5 Å². The van der Waals surface area contributed by atoms with E-state index in [1.165, 1.54) is 19.4 Å². The van der Waals surface area contributed by atoms with Gasteiger partial charge in [-0.3, -0.25) is 9.59 Å². The normalized spacial score (nSPS) is 9.31. The number of rotatable bonds is 3. The molecule has 70 valence electrons. The lowest BCUT2D eigenvalue weighted by Gasteiger charge is -1.99. The van der Waals surface area contributed by atoms with E-state index in [0.29, 0.717) is 0 Å². The Balaban J connectivity index is 2.39. The Bertz CT molecular complexity index is 293. The second kappa shape index (κ2) is 4.24. The highest BCUT2D eigenvalue weighted by molar-refractivity contribution is 5.93. The summed E-state index contributed by atoms with van der Waals surface area (Å²) >= 11 is 0. The van der Waals surface area contributed by atoms with Gasteiger partial charge in [0.15, 0.2) is 5.69 Å². The first-order valence-electron chi connectivity index (χ1n) is 3.49. The number of hydrogen-bond donors (Lipinski definition) is 1. The number of carbonyl (C=O) groups excluding carboxylic acids is 2. The van der Waals surface area contributed by atoms with E-state index in [9.17, 15) is 9.59 Å². The van der Waals surface area contributed by atoms with Gasteiger partial charge in [-0.1, -0.05) is 5.16 Å². The Morgan fingerprint density at radius 3 is 3.00 bits per heavy atom. The second-order valence-electron chi connectivity index (χ2n) is 2.14. The molecule has 0 spiro atoms. The topological polar surface area (TPSA) is 81.4 Å². The molecule has 0 fully saturated rings. The van der Waals surface area contributed by atoms with Crippen molar-refractivity contribution < 1.29 is 18.8 Å². The molecule has 13 heavy (non-hydrogen) atoms. The molecule has 0 aromatic carbocycles. The zero-order valence-corrected chi connectivity index (χ0v) is 6.94. The number of aromatic nitrogens is 1.